The van der Waals surface area contributed by atoms with E-state index in [0.29, 0.717) is 0 Å². The molecule has 148 valence electrons. The highest BCUT2D eigenvalue weighted by Crippen LogP contribution is 2.26. The van der Waals surface area contributed by atoms with Crippen LogP contribution in [0, 0.1) is 0 Å². The van der Waals surface area contributed by atoms with E-state index < -0.39 is 0 Å². The molecule has 3 aromatic heterocycles. The lowest BCUT2D eigenvalue weighted by Gasteiger charge is -2.02. The molecule has 4 nitrogen and oxygen atoms in total. The summed E-state index contributed by atoms with van der Waals surface area (Å²) in [4.78, 5) is 16.5. The number of nitrogens with zero attached hydrogens (tertiary/aromatic N) is 2. The summed E-state index contributed by atoms with van der Waals surface area (Å²) in [5.41, 5.74) is 10.4. The van der Waals surface area contributed by atoms with E-state index in [2.05, 4.69) is 88.8 Å². The Hall–Kier alpha value is -4.18. The second-order valence-electron chi connectivity index (χ2n) is 7.86. The molecule has 4 aromatic rings. The first-order chi connectivity index (χ1) is 15.3. The van der Waals surface area contributed by atoms with Crippen molar-refractivity contribution >= 4 is 45.9 Å². The number of allylic oxidation sites excluding steroid dienone is 1. The number of hydrogen-bond donors (Lipinski definition) is 2. The van der Waals surface area contributed by atoms with Crippen LogP contribution < -0.4 is 0 Å². The number of H-pyrrole nitrogens is 2. The van der Waals surface area contributed by atoms with E-state index in [1.165, 1.54) is 11.1 Å². The first-order valence-corrected chi connectivity index (χ1v) is 10.4. The molecule has 2 aliphatic heterocycles. The molecule has 5 heterocycles. The molecule has 0 amide bonds. The third-order valence-electron chi connectivity index (χ3n) is 5.49. The van der Waals surface area contributed by atoms with Gasteiger partial charge in [0.05, 0.1) is 22.8 Å². The van der Waals surface area contributed by atoms with E-state index >= 15 is 0 Å². The molecule has 0 unspecified atom stereocenters. The van der Waals surface area contributed by atoms with Gasteiger partial charge in [0.15, 0.2) is 0 Å². The Kier molecular flexibility index (Phi) is 4.13. The lowest BCUT2D eigenvalue weighted by Crippen LogP contribution is -1.88. The predicted octanol–water partition coefficient (Wildman–Crippen LogP) is 6.27. The van der Waals surface area contributed by atoms with Gasteiger partial charge in [0.2, 0.25) is 0 Å². The van der Waals surface area contributed by atoms with Crippen LogP contribution in [0.4, 0.5) is 0 Å². The van der Waals surface area contributed by atoms with Gasteiger partial charge in [0.1, 0.15) is 0 Å². The molecule has 31 heavy (non-hydrogen) atoms. The molecule has 0 saturated carbocycles. The fourth-order valence-electron chi connectivity index (χ4n) is 4.03. The second kappa shape index (κ2) is 7.26. The molecule has 8 bridgehead atoms. The van der Waals surface area contributed by atoms with Crippen LogP contribution in [-0.4, -0.2) is 19.9 Å². The lowest BCUT2D eigenvalue weighted by molar-refractivity contribution is 1.24. The molecule has 4 heteroatoms. The Morgan fingerprint density at radius 1 is 0.581 bits per heavy atom. The maximum absolute atomic E-state index is 4.93. The standard InChI is InChI=1S/C27H20N4/c1-2-4-18(5-3-1)12-19-13-26-16-24-9-8-22(29-24)14-20-6-7-21(28-20)15-23-10-11-25(30-23)17-27(19)31-26/h1-11,13-17,29-30H,12H2. The lowest BCUT2D eigenvalue weighted by atomic mass is 10.0. The zero-order valence-electron chi connectivity index (χ0n) is 16.8. The highest BCUT2D eigenvalue weighted by Gasteiger charge is 2.11. The third-order valence-corrected chi connectivity index (χ3v) is 5.49. The van der Waals surface area contributed by atoms with Gasteiger partial charge in [-0.25, -0.2) is 9.97 Å². The summed E-state index contributed by atoms with van der Waals surface area (Å²) >= 11 is 0. The third kappa shape index (κ3) is 3.71. The molecule has 6 rings (SSSR count). The van der Waals surface area contributed by atoms with Crippen molar-refractivity contribution in [3.63, 3.8) is 0 Å². The molecule has 0 spiro atoms. The SMILES string of the molecule is C1=Cc2cc3ccc(cc4nc(cc5ccc(cc1n2)[nH]5)C=C4Cc1ccccc1)[nH]3. The number of hydrogen-bond acceptors (Lipinski definition) is 2. The molecule has 0 radical (unpaired) electrons. The van der Waals surface area contributed by atoms with Crippen molar-refractivity contribution in [3.05, 3.63) is 107 Å². The highest BCUT2D eigenvalue weighted by atomic mass is 14.8. The molecule has 0 aliphatic carbocycles. The van der Waals surface area contributed by atoms with Crippen molar-refractivity contribution in [2.24, 2.45) is 0 Å². The summed E-state index contributed by atoms with van der Waals surface area (Å²) in [6.07, 6.45) is 7.09. The van der Waals surface area contributed by atoms with Crippen LogP contribution in [-0.2, 0) is 6.42 Å². The maximum atomic E-state index is 4.93. The molecule has 2 N–H and O–H groups in total. The summed E-state index contributed by atoms with van der Waals surface area (Å²) in [5, 5.41) is 0. The van der Waals surface area contributed by atoms with Gasteiger partial charge in [0.25, 0.3) is 0 Å². The van der Waals surface area contributed by atoms with E-state index in [9.17, 15) is 0 Å². The Balaban J connectivity index is 1.57. The van der Waals surface area contributed by atoms with Crippen LogP contribution in [0.3, 0.4) is 0 Å². The topological polar surface area (TPSA) is 57.4 Å². The van der Waals surface area contributed by atoms with Gasteiger partial charge in [-0.3, -0.25) is 0 Å². The van der Waals surface area contributed by atoms with E-state index in [1.54, 1.807) is 0 Å². The summed E-state index contributed by atoms with van der Waals surface area (Å²) in [5.74, 6) is 0. The molecule has 0 fully saturated rings. The van der Waals surface area contributed by atoms with Crippen molar-refractivity contribution in [1.82, 2.24) is 19.9 Å². The molecule has 0 atom stereocenters. The summed E-state index contributed by atoms with van der Waals surface area (Å²) in [6.45, 7) is 0. The smallest absolute Gasteiger partial charge is 0.0693 e. The van der Waals surface area contributed by atoms with Gasteiger partial charge >= 0.3 is 0 Å². The van der Waals surface area contributed by atoms with Gasteiger partial charge in [0, 0.05) is 22.1 Å². The van der Waals surface area contributed by atoms with Gasteiger partial charge in [-0.15, -0.1) is 0 Å². The summed E-state index contributed by atoms with van der Waals surface area (Å²) < 4.78 is 0. The fraction of sp³-hybridized carbons (Fsp3) is 0.0370. The van der Waals surface area contributed by atoms with Crippen LogP contribution >= 0.6 is 0 Å². The monoisotopic (exact) mass is 400 g/mol. The number of benzene rings is 1. The van der Waals surface area contributed by atoms with Crippen LogP contribution in [0.15, 0.2) is 78.9 Å². The van der Waals surface area contributed by atoms with E-state index in [0.717, 1.165) is 51.3 Å². The normalized spacial score (nSPS) is 12.7. The first kappa shape index (κ1) is 17.7. The van der Waals surface area contributed by atoms with Gasteiger partial charge in [-0.1, -0.05) is 30.3 Å². The van der Waals surface area contributed by atoms with E-state index in [-0.39, 0.29) is 0 Å². The number of nitrogens with one attached hydrogen (secondary N) is 2. The minimum atomic E-state index is 0.844. The van der Waals surface area contributed by atoms with Crippen molar-refractivity contribution < 1.29 is 0 Å². The van der Waals surface area contributed by atoms with Crippen LogP contribution in [0.2, 0.25) is 0 Å². The first-order valence-electron chi connectivity index (χ1n) is 10.4. The number of aromatic amines is 2. The molecule has 0 saturated heterocycles. The largest absolute Gasteiger partial charge is 0.355 e. The van der Waals surface area contributed by atoms with Crippen molar-refractivity contribution in [2.75, 3.05) is 0 Å². The van der Waals surface area contributed by atoms with Gasteiger partial charge < -0.3 is 9.97 Å². The molecule has 1 aromatic carbocycles. The maximum Gasteiger partial charge on any atom is 0.0693 e. The minimum absolute atomic E-state index is 0.844. The van der Waals surface area contributed by atoms with Crippen molar-refractivity contribution in [2.45, 2.75) is 6.42 Å². The van der Waals surface area contributed by atoms with Crippen LogP contribution in [0.1, 0.15) is 28.3 Å². The molecule has 2 aliphatic rings. The zero-order chi connectivity index (χ0) is 20.6. The van der Waals surface area contributed by atoms with Crippen molar-refractivity contribution in [3.8, 4) is 0 Å². The Labute approximate surface area is 179 Å². The highest BCUT2D eigenvalue weighted by molar-refractivity contribution is 5.85. The Bertz CT molecular complexity index is 1500. The minimum Gasteiger partial charge on any atom is -0.355 e. The molecular formula is C27H20N4. The Morgan fingerprint density at radius 2 is 1.16 bits per heavy atom. The predicted molar refractivity (Wildman–Crippen MR) is 128 cm³/mol. The quantitative estimate of drug-likeness (QED) is 0.367. The number of fused-ring (bicyclic) bond motifs is 8. The number of aromatic nitrogens is 4. The van der Waals surface area contributed by atoms with Crippen LogP contribution in [0.5, 0.6) is 0 Å². The van der Waals surface area contributed by atoms with Gasteiger partial charge in [-0.05, 0) is 84.3 Å². The average Bonchev–Trinajstić information content (AvgIpc) is 3.55. The van der Waals surface area contributed by atoms with Crippen LogP contribution in [0.25, 0.3) is 45.9 Å². The average molecular weight is 400 g/mol. The number of rotatable bonds is 2. The summed E-state index contributed by atoms with van der Waals surface area (Å²) in [7, 11) is 0. The molecular weight excluding hydrogens is 380 g/mol. The fourth-order valence-corrected chi connectivity index (χ4v) is 4.03. The van der Waals surface area contributed by atoms with Gasteiger partial charge in [-0.2, -0.15) is 0 Å². The van der Waals surface area contributed by atoms with Crippen molar-refractivity contribution in [1.29, 1.82) is 0 Å². The summed E-state index contributed by atoms with van der Waals surface area (Å²) in [6, 6.07) is 27.2. The second-order valence-corrected chi connectivity index (χ2v) is 7.86. The van der Waals surface area contributed by atoms with E-state index in [4.69, 9.17) is 9.97 Å². The Morgan fingerprint density at radius 3 is 1.81 bits per heavy atom. The van der Waals surface area contributed by atoms with E-state index in [1.807, 2.05) is 18.2 Å². The zero-order valence-corrected chi connectivity index (χ0v) is 16.8.